The molecule has 0 aliphatic heterocycles. The van der Waals surface area contributed by atoms with Crippen molar-refractivity contribution in [2.75, 3.05) is 0 Å². The SMILES string of the molecule is CC(C)N(C(C)C)P(P)N(C(C)C)P(c1ccccc1)c1ccccc1. The van der Waals surface area contributed by atoms with E-state index >= 15 is 0 Å². The van der Waals surface area contributed by atoms with Gasteiger partial charge in [0.05, 0.1) is 7.91 Å². The Bertz CT molecular complexity index is 599. The van der Waals surface area contributed by atoms with E-state index in [0.29, 0.717) is 18.1 Å². The fourth-order valence-corrected chi connectivity index (χ4v) is 12.0. The van der Waals surface area contributed by atoms with Gasteiger partial charge in [-0.3, -0.25) is 4.67 Å². The highest BCUT2D eigenvalue weighted by molar-refractivity contribution is 8.13. The minimum atomic E-state index is -0.576. The second-order valence-corrected chi connectivity index (χ2v) is 12.6. The molecule has 0 spiro atoms. The van der Waals surface area contributed by atoms with Crippen LogP contribution in [0.1, 0.15) is 41.5 Å². The van der Waals surface area contributed by atoms with Crippen molar-refractivity contribution in [3.05, 3.63) is 60.7 Å². The Labute approximate surface area is 165 Å². The Morgan fingerprint density at radius 3 is 1.35 bits per heavy atom. The van der Waals surface area contributed by atoms with Gasteiger partial charge < -0.3 is 0 Å². The summed E-state index contributed by atoms with van der Waals surface area (Å²) in [5, 5.41) is 2.84. The summed E-state index contributed by atoms with van der Waals surface area (Å²) >= 11 is 0. The summed E-state index contributed by atoms with van der Waals surface area (Å²) in [7, 11) is 2.12. The number of hydrogen-bond acceptors (Lipinski definition) is 2. The van der Waals surface area contributed by atoms with E-state index in [1.807, 2.05) is 0 Å². The fourth-order valence-electron chi connectivity index (χ4n) is 3.26. The average molecular weight is 406 g/mol. The summed E-state index contributed by atoms with van der Waals surface area (Å²) in [6.45, 7) is 13.9. The van der Waals surface area contributed by atoms with Gasteiger partial charge in [-0.25, -0.2) is 4.44 Å². The molecule has 0 amide bonds. The van der Waals surface area contributed by atoms with E-state index in [1.54, 1.807) is 0 Å². The summed E-state index contributed by atoms with van der Waals surface area (Å²) < 4.78 is 5.40. The molecule has 142 valence electrons. The second kappa shape index (κ2) is 10.3. The van der Waals surface area contributed by atoms with E-state index in [0.717, 1.165) is 0 Å². The predicted octanol–water partition coefficient (Wildman–Crippen LogP) is 5.97. The van der Waals surface area contributed by atoms with Crippen molar-refractivity contribution in [3.8, 4) is 0 Å². The molecule has 2 rings (SSSR count). The largest absolute Gasteiger partial charge is 0.262 e. The first-order valence-corrected chi connectivity index (χ1v) is 13.5. The Balaban J connectivity index is 2.54. The molecule has 2 nitrogen and oxygen atoms in total. The van der Waals surface area contributed by atoms with Gasteiger partial charge in [-0.05, 0) is 52.2 Å². The van der Waals surface area contributed by atoms with Crippen LogP contribution in [0.25, 0.3) is 0 Å². The lowest BCUT2D eigenvalue weighted by Crippen LogP contribution is -2.39. The molecule has 0 fully saturated rings. The van der Waals surface area contributed by atoms with Crippen LogP contribution in [0.3, 0.4) is 0 Å². The highest BCUT2D eigenvalue weighted by Crippen LogP contribution is 2.64. The van der Waals surface area contributed by atoms with Gasteiger partial charge in [-0.2, -0.15) is 0 Å². The van der Waals surface area contributed by atoms with Crippen LogP contribution in [-0.4, -0.2) is 27.2 Å². The normalized spacial score (nSPS) is 13.6. The van der Waals surface area contributed by atoms with Crippen molar-refractivity contribution >= 4 is 35.5 Å². The van der Waals surface area contributed by atoms with Crippen molar-refractivity contribution < 1.29 is 0 Å². The quantitative estimate of drug-likeness (QED) is 0.499. The summed E-state index contributed by atoms with van der Waals surface area (Å²) in [5.74, 6) is 0. The minimum Gasteiger partial charge on any atom is -0.262 e. The molecule has 0 saturated carbocycles. The third kappa shape index (κ3) is 5.34. The first-order chi connectivity index (χ1) is 12.3. The Morgan fingerprint density at radius 2 is 1.04 bits per heavy atom. The lowest BCUT2D eigenvalue weighted by Gasteiger charge is -2.46. The van der Waals surface area contributed by atoms with Gasteiger partial charge in [0.1, 0.15) is 0 Å². The topological polar surface area (TPSA) is 6.48 Å². The molecule has 0 bridgehead atoms. The molecule has 5 heteroatoms. The van der Waals surface area contributed by atoms with Gasteiger partial charge in [0.2, 0.25) is 0 Å². The average Bonchev–Trinajstić information content (AvgIpc) is 2.59. The number of benzene rings is 2. The van der Waals surface area contributed by atoms with Crippen molar-refractivity contribution in [1.82, 2.24) is 9.11 Å². The fraction of sp³-hybridized carbons (Fsp3) is 0.429. The molecule has 2 unspecified atom stereocenters. The highest BCUT2D eigenvalue weighted by atomic mass is 32.0. The first kappa shape index (κ1) is 21.9. The molecule has 0 saturated heterocycles. The summed E-state index contributed by atoms with van der Waals surface area (Å²) in [4.78, 5) is 0. The zero-order chi connectivity index (χ0) is 19.3. The number of hydrogen-bond donors (Lipinski definition) is 0. The van der Waals surface area contributed by atoms with Crippen molar-refractivity contribution in [1.29, 1.82) is 0 Å². The van der Waals surface area contributed by atoms with Gasteiger partial charge in [0, 0.05) is 26.2 Å². The van der Waals surface area contributed by atoms with Crippen LogP contribution in [0.4, 0.5) is 0 Å². The van der Waals surface area contributed by atoms with Crippen molar-refractivity contribution in [3.63, 3.8) is 0 Å². The first-order valence-electron chi connectivity index (χ1n) is 9.37. The van der Waals surface area contributed by atoms with E-state index in [-0.39, 0.29) is 0 Å². The standard InChI is InChI=1S/C21H33N2P3/c1-17(2)22(18(3)4)26(24)23(19(5)6)25(20-13-9-7-10-14-20)21-15-11-8-12-16-21/h7-19H,24H2,1-6H3. The number of nitrogens with zero attached hydrogens (tertiary/aromatic N) is 2. The van der Waals surface area contributed by atoms with Gasteiger partial charge >= 0.3 is 0 Å². The molecule has 2 atom stereocenters. The third-order valence-electron chi connectivity index (χ3n) is 4.17. The van der Waals surface area contributed by atoms with Crippen LogP contribution in [0.2, 0.25) is 0 Å². The Kier molecular flexibility index (Phi) is 8.66. The van der Waals surface area contributed by atoms with Gasteiger partial charge in [0.25, 0.3) is 0 Å². The molecular weight excluding hydrogens is 373 g/mol. The van der Waals surface area contributed by atoms with Crippen LogP contribution in [0.5, 0.6) is 0 Å². The van der Waals surface area contributed by atoms with Crippen LogP contribution in [0.15, 0.2) is 60.7 Å². The lowest BCUT2D eigenvalue weighted by atomic mass is 10.3. The molecular formula is C21H33N2P3. The van der Waals surface area contributed by atoms with Gasteiger partial charge in [-0.15, -0.1) is 0 Å². The minimum absolute atomic E-state index is 0.463. The Morgan fingerprint density at radius 1 is 0.654 bits per heavy atom. The van der Waals surface area contributed by atoms with Crippen LogP contribution >= 0.6 is 24.9 Å². The molecule has 0 aliphatic carbocycles. The smallest absolute Gasteiger partial charge is 0.0632 e. The monoisotopic (exact) mass is 406 g/mol. The summed E-state index contributed by atoms with van der Waals surface area (Å²) in [5.41, 5.74) is 0. The van der Waals surface area contributed by atoms with Gasteiger partial charge in [0.15, 0.2) is 0 Å². The maximum absolute atomic E-state index is 3.20. The van der Waals surface area contributed by atoms with Crippen LogP contribution in [0, 0.1) is 0 Å². The van der Waals surface area contributed by atoms with Crippen molar-refractivity contribution in [2.24, 2.45) is 0 Å². The number of rotatable bonds is 8. The molecule has 0 aromatic heterocycles. The van der Waals surface area contributed by atoms with Crippen LogP contribution < -0.4 is 10.6 Å². The third-order valence-corrected chi connectivity index (χ3v) is 12.1. The predicted molar refractivity (Wildman–Crippen MR) is 125 cm³/mol. The summed E-state index contributed by atoms with van der Waals surface area (Å²) in [6.07, 6.45) is 0. The van der Waals surface area contributed by atoms with E-state index in [9.17, 15) is 0 Å². The zero-order valence-electron chi connectivity index (χ0n) is 16.9. The summed E-state index contributed by atoms with van der Waals surface area (Å²) in [6, 6.07) is 23.5. The molecule has 0 radical (unpaired) electrons. The molecule has 2 aromatic rings. The van der Waals surface area contributed by atoms with Crippen molar-refractivity contribution in [2.45, 2.75) is 59.7 Å². The van der Waals surface area contributed by atoms with Crippen LogP contribution in [-0.2, 0) is 0 Å². The van der Waals surface area contributed by atoms with E-state index < -0.39 is 16.0 Å². The Hall–Kier alpha value is -0.350. The molecule has 26 heavy (non-hydrogen) atoms. The highest BCUT2D eigenvalue weighted by Gasteiger charge is 2.34. The maximum Gasteiger partial charge on any atom is 0.0632 e. The molecule has 0 N–H and O–H groups in total. The van der Waals surface area contributed by atoms with Gasteiger partial charge in [-0.1, -0.05) is 69.6 Å². The van der Waals surface area contributed by atoms with E-state index in [1.165, 1.54) is 10.6 Å². The molecule has 0 heterocycles. The second-order valence-electron chi connectivity index (χ2n) is 7.28. The van der Waals surface area contributed by atoms with E-state index in [2.05, 4.69) is 120 Å². The van der Waals surface area contributed by atoms with E-state index in [4.69, 9.17) is 0 Å². The molecule has 2 aromatic carbocycles. The lowest BCUT2D eigenvalue weighted by molar-refractivity contribution is 0.313. The zero-order valence-corrected chi connectivity index (χ0v) is 19.8. The molecule has 0 aliphatic rings. The maximum atomic E-state index is 3.20.